The molecule has 10 atom stereocenters. The SMILES string of the molecule is CC(C)C[C@H](NC(=O)[C@H](CO)NC(=O)[C@@H](NC(=O)[C@H](CCC(=O)O)NC(=O)[C@H](CCC(=O)O)NC(=O)[C@@H](NC(=O)[C@H](C)NC(=O)[C@@H](NC(=O)[C@H](CS)NC(=O)[C@@H](N)CC(C)C)C(C)C)C(C)C)C(C)C)C(=O)O. The van der Waals surface area contributed by atoms with Crippen LogP contribution in [0.25, 0.3) is 0 Å². The van der Waals surface area contributed by atoms with Crippen molar-refractivity contribution in [2.75, 3.05) is 12.4 Å². The Labute approximate surface area is 431 Å². The van der Waals surface area contributed by atoms with Gasteiger partial charge in [0.2, 0.25) is 53.2 Å². The third-order valence-corrected chi connectivity index (χ3v) is 11.4. The highest BCUT2D eigenvalue weighted by Crippen LogP contribution is 2.12. The largest absolute Gasteiger partial charge is 0.481 e. The van der Waals surface area contributed by atoms with Gasteiger partial charge in [0.15, 0.2) is 0 Å². The highest BCUT2D eigenvalue weighted by Gasteiger charge is 2.37. The summed E-state index contributed by atoms with van der Waals surface area (Å²) >= 11 is 4.16. The summed E-state index contributed by atoms with van der Waals surface area (Å²) in [4.78, 5) is 156. The molecule has 0 bridgehead atoms. The van der Waals surface area contributed by atoms with Crippen molar-refractivity contribution >= 4 is 83.7 Å². The van der Waals surface area contributed by atoms with E-state index in [1.54, 1.807) is 27.7 Å². The van der Waals surface area contributed by atoms with E-state index in [2.05, 4.69) is 60.5 Å². The number of hydrogen-bond acceptors (Lipinski definition) is 15. The van der Waals surface area contributed by atoms with Gasteiger partial charge in [0.05, 0.1) is 12.6 Å². The highest BCUT2D eigenvalue weighted by atomic mass is 32.1. The Bertz CT molecular complexity index is 1940. The minimum absolute atomic E-state index is 0.0282. The van der Waals surface area contributed by atoms with Crippen LogP contribution in [0.4, 0.5) is 0 Å². The molecule has 0 aliphatic heterocycles. The van der Waals surface area contributed by atoms with Gasteiger partial charge in [-0.2, -0.15) is 12.6 Å². The van der Waals surface area contributed by atoms with Gasteiger partial charge >= 0.3 is 17.9 Å². The summed E-state index contributed by atoms with van der Waals surface area (Å²) in [6, 6.07) is -14.0. The van der Waals surface area contributed by atoms with E-state index in [1.807, 2.05) is 13.8 Å². The lowest BCUT2D eigenvalue weighted by atomic mass is 10.00. The number of carbonyl (C=O) groups excluding carboxylic acids is 9. The van der Waals surface area contributed by atoms with Gasteiger partial charge in [0, 0.05) is 18.6 Å². The van der Waals surface area contributed by atoms with Crippen LogP contribution in [0.1, 0.15) is 115 Å². The van der Waals surface area contributed by atoms with Crippen molar-refractivity contribution in [1.29, 1.82) is 0 Å². The lowest BCUT2D eigenvalue weighted by Crippen LogP contribution is -2.61. The Kier molecular flexibility index (Phi) is 30.1. The molecule has 9 amide bonds. The fraction of sp³-hybridized carbons (Fsp3) is 0.739. The van der Waals surface area contributed by atoms with Crippen LogP contribution in [0.3, 0.4) is 0 Å². The zero-order valence-corrected chi connectivity index (χ0v) is 44.4. The van der Waals surface area contributed by atoms with Gasteiger partial charge in [0.25, 0.3) is 0 Å². The number of aliphatic carboxylic acids is 3. The van der Waals surface area contributed by atoms with Crippen LogP contribution in [0.5, 0.6) is 0 Å². The van der Waals surface area contributed by atoms with Gasteiger partial charge in [0.1, 0.15) is 54.4 Å². The Morgan fingerprint density at radius 3 is 1.11 bits per heavy atom. The van der Waals surface area contributed by atoms with Crippen molar-refractivity contribution in [2.24, 2.45) is 35.3 Å². The maximum absolute atomic E-state index is 13.9. The molecule has 0 aliphatic carbocycles. The molecule has 15 N–H and O–H groups in total. The quantitative estimate of drug-likeness (QED) is 0.0296. The number of carboxylic acids is 3. The Morgan fingerprint density at radius 2 is 0.740 bits per heavy atom. The molecule has 0 fully saturated rings. The fourth-order valence-corrected chi connectivity index (χ4v) is 7.13. The minimum Gasteiger partial charge on any atom is -0.481 e. The van der Waals surface area contributed by atoms with Gasteiger partial charge in [-0.3, -0.25) is 52.7 Å². The number of carbonyl (C=O) groups is 12. The molecule has 0 aliphatic rings. The standard InChI is InChI=1S/C46H80N10O16S/c1-20(2)16-26(47)38(63)53-31(19-73)42(67)56-34(22(5)6)43(68)48-25(11)37(62)54-35(23(7)8)44(69)50-27(12-14-32(58)59)39(64)49-28(13-15-33(60)61)40(65)55-36(24(9)10)45(70)52-30(18-57)41(66)51-29(46(71)72)17-21(3)4/h20-31,34-36,57,73H,12-19,47H2,1-11H3,(H,48,68)(H,49,64)(H,50,69)(H,51,66)(H,52,70)(H,53,63)(H,54,62)(H,55,65)(H,56,67)(H,58,59)(H,60,61)(H,71,72)/t25-,26-,27-,28-,29-,30-,31-,34-,35-,36-/m0/s1. The van der Waals surface area contributed by atoms with Gasteiger partial charge in [-0.15, -0.1) is 0 Å². The van der Waals surface area contributed by atoms with Crippen molar-refractivity contribution in [3.05, 3.63) is 0 Å². The molecule has 0 unspecified atom stereocenters. The molecule has 0 aromatic rings. The van der Waals surface area contributed by atoms with Crippen LogP contribution in [0, 0.1) is 29.6 Å². The Morgan fingerprint density at radius 1 is 0.411 bits per heavy atom. The Balaban J connectivity index is 6.34. The highest BCUT2D eigenvalue weighted by molar-refractivity contribution is 7.80. The molecule has 26 nitrogen and oxygen atoms in total. The first-order valence-corrected chi connectivity index (χ1v) is 24.8. The third kappa shape index (κ3) is 24.9. The monoisotopic (exact) mass is 1060 g/mol. The normalized spacial score (nSPS) is 15.5. The molecule has 0 aromatic heterocycles. The molecule has 0 heterocycles. The molecule has 0 rings (SSSR count). The molecule has 0 spiro atoms. The van der Waals surface area contributed by atoms with Crippen LogP contribution in [-0.4, -0.2) is 164 Å². The average Bonchev–Trinajstić information content (AvgIpc) is 3.28. The molecule has 73 heavy (non-hydrogen) atoms. The number of aliphatic hydroxyl groups excluding tert-OH is 1. The average molecular weight is 1060 g/mol. The number of nitrogens with two attached hydrogens (primary N) is 1. The van der Waals surface area contributed by atoms with Crippen molar-refractivity contribution < 1.29 is 78.0 Å². The summed E-state index contributed by atoms with van der Waals surface area (Å²) < 4.78 is 0. The van der Waals surface area contributed by atoms with Crippen molar-refractivity contribution in [1.82, 2.24) is 47.9 Å². The van der Waals surface area contributed by atoms with Gasteiger partial charge in [-0.25, -0.2) is 4.79 Å². The first-order chi connectivity index (χ1) is 33.8. The number of rotatable bonds is 34. The van der Waals surface area contributed by atoms with Crippen LogP contribution < -0.4 is 53.6 Å². The minimum atomic E-state index is -1.73. The van der Waals surface area contributed by atoms with Crippen molar-refractivity contribution in [3.8, 4) is 0 Å². The van der Waals surface area contributed by atoms with E-state index in [9.17, 15) is 78.0 Å². The molecule has 27 heteroatoms. The zero-order chi connectivity index (χ0) is 56.6. The summed E-state index contributed by atoms with van der Waals surface area (Å²) in [6.07, 6.45) is -2.18. The zero-order valence-electron chi connectivity index (χ0n) is 43.5. The second-order valence-corrected chi connectivity index (χ2v) is 20.0. The van der Waals surface area contributed by atoms with Gasteiger partial charge in [-0.05, 0) is 62.2 Å². The van der Waals surface area contributed by atoms with Crippen molar-refractivity contribution in [3.63, 3.8) is 0 Å². The van der Waals surface area contributed by atoms with E-state index in [-0.39, 0.29) is 24.0 Å². The number of thiol groups is 1. The van der Waals surface area contributed by atoms with E-state index in [1.165, 1.54) is 34.6 Å². The van der Waals surface area contributed by atoms with E-state index in [0.29, 0.717) is 6.42 Å². The molecular weight excluding hydrogens is 981 g/mol. The maximum atomic E-state index is 13.9. The number of nitrogens with one attached hydrogen (secondary N) is 9. The van der Waals surface area contributed by atoms with Gasteiger partial charge < -0.3 is 74.0 Å². The summed E-state index contributed by atoms with van der Waals surface area (Å²) in [5, 5.41) is 60.0. The predicted octanol–water partition coefficient (Wildman–Crippen LogP) is -2.51. The third-order valence-electron chi connectivity index (χ3n) is 11.1. The number of amides is 9. The second kappa shape index (κ2) is 32.9. The first kappa shape index (κ1) is 66.9. The van der Waals surface area contributed by atoms with Crippen LogP contribution in [0.15, 0.2) is 0 Å². The molecule has 416 valence electrons. The predicted molar refractivity (Wildman–Crippen MR) is 267 cm³/mol. The summed E-state index contributed by atoms with van der Waals surface area (Å²) in [7, 11) is 0. The smallest absolute Gasteiger partial charge is 0.326 e. The van der Waals surface area contributed by atoms with Gasteiger partial charge in [-0.1, -0.05) is 69.2 Å². The fourth-order valence-electron chi connectivity index (χ4n) is 6.88. The molecule has 0 saturated carbocycles. The summed E-state index contributed by atoms with van der Waals surface area (Å²) in [5.41, 5.74) is 5.95. The number of carboxylic acid groups (broad SMARTS) is 3. The molecule has 0 saturated heterocycles. The maximum Gasteiger partial charge on any atom is 0.326 e. The van der Waals surface area contributed by atoms with Crippen molar-refractivity contribution in [2.45, 2.75) is 175 Å². The summed E-state index contributed by atoms with van der Waals surface area (Å²) in [5.74, 6) is -14.7. The van der Waals surface area contributed by atoms with E-state index in [0.717, 1.165) is 0 Å². The first-order valence-electron chi connectivity index (χ1n) is 24.1. The van der Waals surface area contributed by atoms with Crippen LogP contribution >= 0.6 is 12.6 Å². The van der Waals surface area contributed by atoms with E-state index < -0.39 is 182 Å². The number of aliphatic hydroxyl groups is 1. The Hall–Kier alpha value is -6.09. The van der Waals surface area contributed by atoms with E-state index >= 15 is 0 Å². The molecular formula is C46H80N10O16S. The molecule has 0 radical (unpaired) electrons. The topological polar surface area (TPSA) is 420 Å². The summed E-state index contributed by atoms with van der Waals surface area (Å²) in [6.45, 7) is 16.8. The lowest BCUT2D eigenvalue weighted by molar-refractivity contribution is -0.143. The second-order valence-electron chi connectivity index (χ2n) is 19.7. The number of hydrogen-bond donors (Lipinski definition) is 15. The van der Waals surface area contributed by atoms with Crippen LogP contribution in [-0.2, 0) is 57.5 Å². The molecule has 0 aromatic carbocycles. The lowest BCUT2D eigenvalue weighted by Gasteiger charge is -2.29. The van der Waals surface area contributed by atoms with Crippen LogP contribution in [0.2, 0.25) is 0 Å². The van der Waals surface area contributed by atoms with E-state index in [4.69, 9.17) is 5.73 Å².